The number of likely N-dealkylation sites (tertiary alicyclic amines) is 1. The third-order valence-corrected chi connectivity index (χ3v) is 4.57. The monoisotopic (exact) mass is 256 g/mol. The summed E-state index contributed by atoms with van der Waals surface area (Å²) >= 11 is 0. The summed E-state index contributed by atoms with van der Waals surface area (Å²) in [6.07, 6.45) is 4.61. The number of hydrogen-bond acceptors (Lipinski definition) is 4. The molecule has 3 unspecified atom stereocenters. The Kier molecular flexibility index (Phi) is 4.64. The van der Waals surface area contributed by atoms with E-state index in [-0.39, 0.29) is 5.60 Å². The van der Waals surface area contributed by atoms with Gasteiger partial charge in [-0.2, -0.15) is 0 Å². The SMILES string of the molecule is CNC(CCN1CC2CCC(C1)O2)C(C)(C)OC. The highest BCUT2D eigenvalue weighted by Gasteiger charge is 2.34. The van der Waals surface area contributed by atoms with Crippen molar-refractivity contribution in [3.63, 3.8) is 0 Å². The van der Waals surface area contributed by atoms with Gasteiger partial charge in [-0.05, 0) is 46.7 Å². The Morgan fingerprint density at radius 1 is 1.33 bits per heavy atom. The number of nitrogens with one attached hydrogen (secondary N) is 1. The molecule has 4 nitrogen and oxygen atoms in total. The van der Waals surface area contributed by atoms with Crippen LogP contribution in [0.5, 0.6) is 0 Å². The van der Waals surface area contributed by atoms with E-state index in [0.29, 0.717) is 18.2 Å². The van der Waals surface area contributed by atoms with Gasteiger partial charge in [-0.3, -0.25) is 4.90 Å². The van der Waals surface area contributed by atoms with Gasteiger partial charge >= 0.3 is 0 Å². The van der Waals surface area contributed by atoms with Crippen molar-refractivity contribution < 1.29 is 9.47 Å². The fourth-order valence-electron chi connectivity index (χ4n) is 3.18. The second-order valence-corrected chi connectivity index (χ2v) is 6.15. The first-order valence-corrected chi connectivity index (χ1v) is 7.15. The molecule has 0 aromatic rings. The van der Waals surface area contributed by atoms with Crippen LogP contribution < -0.4 is 5.32 Å². The lowest BCUT2D eigenvalue weighted by molar-refractivity contribution is -0.0459. The smallest absolute Gasteiger partial charge is 0.0775 e. The van der Waals surface area contributed by atoms with E-state index in [9.17, 15) is 0 Å². The average molecular weight is 256 g/mol. The van der Waals surface area contributed by atoms with Crippen molar-refractivity contribution >= 4 is 0 Å². The van der Waals surface area contributed by atoms with E-state index < -0.39 is 0 Å². The van der Waals surface area contributed by atoms with Crippen molar-refractivity contribution in [3.8, 4) is 0 Å². The summed E-state index contributed by atoms with van der Waals surface area (Å²) in [6.45, 7) is 7.66. The Hall–Kier alpha value is -0.160. The minimum Gasteiger partial charge on any atom is -0.377 e. The molecule has 3 atom stereocenters. The van der Waals surface area contributed by atoms with Crippen molar-refractivity contribution in [1.82, 2.24) is 10.2 Å². The quantitative estimate of drug-likeness (QED) is 0.775. The molecule has 2 fully saturated rings. The molecule has 2 aliphatic heterocycles. The highest BCUT2D eigenvalue weighted by molar-refractivity contribution is 4.88. The predicted molar refractivity (Wildman–Crippen MR) is 72.9 cm³/mol. The molecule has 0 aromatic heterocycles. The maximum absolute atomic E-state index is 5.87. The molecule has 2 bridgehead atoms. The zero-order chi connectivity index (χ0) is 13.2. The lowest BCUT2D eigenvalue weighted by Gasteiger charge is -2.36. The summed E-state index contributed by atoms with van der Waals surface area (Å²) < 4.78 is 11.4. The topological polar surface area (TPSA) is 33.7 Å². The highest BCUT2D eigenvalue weighted by Crippen LogP contribution is 2.26. The van der Waals surface area contributed by atoms with E-state index in [0.717, 1.165) is 26.1 Å². The van der Waals surface area contributed by atoms with Crippen LogP contribution in [-0.2, 0) is 9.47 Å². The summed E-state index contributed by atoms with van der Waals surface area (Å²) in [5.74, 6) is 0. The molecule has 0 radical (unpaired) electrons. The molecule has 1 N–H and O–H groups in total. The summed E-state index contributed by atoms with van der Waals surface area (Å²) in [7, 11) is 3.81. The zero-order valence-corrected chi connectivity index (χ0v) is 12.2. The van der Waals surface area contributed by atoms with E-state index in [1.165, 1.54) is 12.8 Å². The third-order valence-electron chi connectivity index (χ3n) is 4.57. The normalized spacial score (nSPS) is 30.7. The summed E-state index contributed by atoms with van der Waals surface area (Å²) in [4.78, 5) is 2.56. The molecule has 0 aromatic carbocycles. The van der Waals surface area contributed by atoms with Crippen LogP contribution in [0.15, 0.2) is 0 Å². The van der Waals surface area contributed by atoms with Crippen LogP contribution in [0.4, 0.5) is 0 Å². The Labute approximate surface area is 111 Å². The molecule has 0 spiro atoms. The number of ether oxygens (including phenoxy) is 2. The van der Waals surface area contributed by atoms with E-state index in [2.05, 4.69) is 24.1 Å². The van der Waals surface area contributed by atoms with Gasteiger partial charge < -0.3 is 14.8 Å². The lowest BCUT2D eigenvalue weighted by atomic mass is 9.95. The number of hydrogen-bond donors (Lipinski definition) is 1. The molecule has 2 saturated heterocycles. The van der Waals surface area contributed by atoms with Crippen LogP contribution in [0.2, 0.25) is 0 Å². The van der Waals surface area contributed by atoms with Crippen LogP contribution in [0, 0.1) is 0 Å². The average Bonchev–Trinajstić information content (AvgIpc) is 2.69. The van der Waals surface area contributed by atoms with E-state index in [1.807, 2.05) is 7.05 Å². The number of methoxy groups -OCH3 is 1. The van der Waals surface area contributed by atoms with Crippen LogP contribution >= 0.6 is 0 Å². The fourth-order valence-corrected chi connectivity index (χ4v) is 3.18. The molecule has 106 valence electrons. The number of fused-ring (bicyclic) bond motifs is 2. The van der Waals surface area contributed by atoms with Gasteiger partial charge in [0, 0.05) is 26.2 Å². The van der Waals surface area contributed by atoms with E-state index in [4.69, 9.17) is 9.47 Å². The van der Waals surface area contributed by atoms with Gasteiger partial charge in [0.2, 0.25) is 0 Å². The molecule has 4 heteroatoms. The maximum Gasteiger partial charge on any atom is 0.0775 e. The van der Waals surface area contributed by atoms with E-state index >= 15 is 0 Å². The van der Waals surface area contributed by atoms with Gasteiger partial charge in [0.15, 0.2) is 0 Å². The van der Waals surface area contributed by atoms with Gasteiger partial charge in [-0.25, -0.2) is 0 Å². The molecule has 18 heavy (non-hydrogen) atoms. The lowest BCUT2D eigenvalue weighted by Crippen LogP contribution is -2.50. The Morgan fingerprint density at radius 2 is 1.94 bits per heavy atom. The zero-order valence-electron chi connectivity index (χ0n) is 12.2. The molecule has 0 amide bonds. The molecule has 2 heterocycles. The first-order chi connectivity index (χ1) is 8.55. The van der Waals surface area contributed by atoms with Crippen molar-refractivity contribution in [3.05, 3.63) is 0 Å². The Morgan fingerprint density at radius 3 is 2.44 bits per heavy atom. The maximum atomic E-state index is 5.87. The Balaban J connectivity index is 1.79. The molecule has 0 aliphatic carbocycles. The summed E-state index contributed by atoms with van der Waals surface area (Å²) in [6, 6.07) is 0.392. The molecular weight excluding hydrogens is 228 g/mol. The van der Waals surface area contributed by atoms with Crippen LogP contribution in [-0.4, -0.2) is 62.5 Å². The van der Waals surface area contributed by atoms with Crippen molar-refractivity contribution in [1.29, 1.82) is 0 Å². The van der Waals surface area contributed by atoms with Crippen molar-refractivity contribution in [2.45, 2.75) is 57.0 Å². The summed E-state index contributed by atoms with van der Waals surface area (Å²) in [5, 5.41) is 3.39. The highest BCUT2D eigenvalue weighted by atomic mass is 16.5. The molecule has 0 saturated carbocycles. The largest absolute Gasteiger partial charge is 0.377 e. The van der Waals surface area contributed by atoms with Gasteiger partial charge in [-0.15, -0.1) is 0 Å². The number of likely N-dealkylation sites (N-methyl/N-ethyl adjacent to an activating group) is 1. The minimum absolute atomic E-state index is 0.111. The van der Waals surface area contributed by atoms with Crippen molar-refractivity contribution in [2.24, 2.45) is 0 Å². The third kappa shape index (κ3) is 3.23. The minimum atomic E-state index is -0.111. The first kappa shape index (κ1) is 14.3. The van der Waals surface area contributed by atoms with Crippen LogP contribution in [0.25, 0.3) is 0 Å². The fraction of sp³-hybridized carbons (Fsp3) is 1.00. The Bertz CT molecular complexity index is 259. The van der Waals surface area contributed by atoms with Gasteiger partial charge in [0.05, 0.1) is 17.8 Å². The number of nitrogens with zero attached hydrogens (tertiary/aromatic N) is 1. The van der Waals surface area contributed by atoms with Crippen LogP contribution in [0.1, 0.15) is 33.1 Å². The first-order valence-electron chi connectivity index (χ1n) is 7.15. The van der Waals surface area contributed by atoms with Crippen LogP contribution in [0.3, 0.4) is 0 Å². The van der Waals surface area contributed by atoms with Gasteiger partial charge in [0.1, 0.15) is 0 Å². The second kappa shape index (κ2) is 5.87. The van der Waals surface area contributed by atoms with Gasteiger partial charge in [-0.1, -0.05) is 0 Å². The molecular formula is C14H28N2O2. The molecule has 2 rings (SSSR count). The summed E-state index contributed by atoms with van der Waals surface area (Å²) in [5.41, 5.74) is -0.111. The standard InChI is InChI=1S/C14H28N2O2/c1-14(2,17-4)13(15-3)7-8-16-9-11-5-6-12(10-16)18-11/h11-13,15H,5-10H2,1-4H3. The van der Waals surface area contributed by atoms with Gasteiger partial charge in [0.25, 0.3) is 0 Å². The number of rotatable bonds is 6. The predicted octanol–water partition coefficient (Wildman–Crippen LogP) is 1.25. The number of morpholine rings is 1. The second-order valence-electron chi connectivity index (χ2n) is 6.15. The molecule has 2 aliphatic rings. The van der Waals surface area contributed by atoms with E-state index in [1.54, 1.807) is 7.11 Å². The van der Waals surface area contributed by atoms with Crippen molar-refractivity contribution in [2.75, 3.05) is 33.8 Å².